The van der Waals surface area contributed by atoms with Crippen molar-refractivity contribution in [2.45, 2.75) is 18.9 Å². The predicted molar refractivity (Wildman–Crippen MR) is 130 cm³/mol. The van der Waals surface area contributed by atoms with Crippen LogP contribution >= 0.6 is 0 Å². The lowest BCUT2D eigenvalue weighted by Gasteiger charge is -2.14. The van der Waals surface area contributed by atoms with Gasteiger partial charge in [-0.25, -0.2) is 9.59 Å². The van der Waals surface area contributed by atoms with Crippen molar-refractivity contribution >= 4 is 18.0 Å². The van der Waals surface area contributed by atoms with Gasteiger partial charge in [0.25, 0.3) is 0 Å². The van der Waals surface area contributed by atoms with Crippen molar-refractivity contribution < 1.29 is 24.2 Å². The van der Waals surface area contributed by atoms with E-state index in [2.05, 4.69) is 34.9 Å². The number of nitrogens with one attached hydrogen (secondary N) is 2. The summed E-state index contributed by atoms with van der Waals surface area (Å²) in [5.41, 5.74) is 5.73. The number of fused-ring (bicyclic) bond motifs is 3. The Morgan fingerprint density at radius 2 is 1.49 bits per heavy atom. The highest BCUT2D eigenvalue weighted by Gasteiger charge is 2.42. The molecule has 0 bridgehead atoms. The fraction of sp³-hybridized carbons (Fsp3) is 0.250. The number of carbonyl (C=O) groups excluding carboxylic acids is 2. The van der Waals surface area contributed by atoms with E-state index in [1.165, 1.54) is 23.3 Å². The lowest BCUT2D eigenvalue weighted by atomic mass is 9.98. The van der Waals surface area contributed by atoms with Gasteiger partial charge in [-0.15, -0.1) is 0 Å². The maximum atomic E-state index is 12.4. The van der Waals surface area contributed by atoms with Crippen LogP contribution in [0.1, 0.15) is 39.4 Å². The normalized spacial score (nSPS) is 17.7. The van der Waals surface area contributed by atoms with Gasteiger partial charge in [0.05, 0.1) is 5.56 Å². The average molecular weight is 471 g/mol. The molecular weight excluding hydrogens is 444 g/mol. The first-order valence-corrected chi connectivity index (χ1v) is 11.7. The zero-order valence-electron chi connectivity index (χ0n) is 19.1. The first kappa shape index (κ1) is 22.7. The molecule has 0 spiro atoms. The van der Waals surface area contributed by atoms with Gasteiger partial charge in [-0.05, 0) is 52.3 Å². The molecular formula is C28H26N2O5. The Kier molecular flexibility index (Phi) is 6.23. The van der Waals surface area contributed by atoms with Crippen LogP contribution in [0.5, 0.6) is 0 Å². The van der Waals surface area contributed by atoms with Crippen LogP contribution in [0.4, 0.5) is 4.79 Å². The minimum absolute atomic E-state index is 0.0113. The molecule has 1 fully saturated rings. The quantitative estimate of drug-likeness (QED) is 0.458. The van der Waals surface area contributed by atoms with Gasteiger partial charge in [-0.3, -0.25) is 4.79 Å². The fourth-order valence-corrected chi connectivity index (χ4v) is 4.74. The smallest absolute Gasteiger partial charge is 0.407 e. The highest BCUT2D eigenvalue weighted by molar-refractivity contribution is 5.87. The third kappa shape index (κ3) is 4.89. The van der Waals surface area contributed by atoms with E-state index in [0.29, 0.717) is 19.5 Å². The van der Waals surface area contributed by atoms with Crippen LogP contribution in [-0.4, -0.2) is 36.2 Å². The third-order valence-corrected chi connectivity index (χ3v) is 6.78. The van der Waals surface area contributed by atoms with Crippen LogP contribution in [0.3, 0.4) is 0 Å². The Hall–Kier alpha value is -4.13. The molecule has 2 aliphatic rings. The molecule has 0 radical (unpaired) electrons. The van der Waals surface area contributed by atoms with Crippen molar-refractivity contribution in [3.05, 3.63) is 95.1 Å². The van der Waals surface area contributed by atoms with Gasteiger partial charge in [-0.1, -0.05) is 60.7 Å². The van der Waals surface area contributed by atoms with E-state index in [0.717, 1.165) is 16.7 Å². The summed E-state index contributed by atoms with van der Waals surface area (Å²) in [6, 6.07) is 22.8. The van der Waals surface area contributed by atoms with Crippen LogP contribution < -0.4 is 10.6 Å². The second-order valence-electron chi connectivity index (χ2n) is 9.03. The summed E-state index contributed by atoms with van der Waals surface area (Å²) in [6.07, 6.45) is 0.240. The summed E-state index contributed by atoms with van der Waals surface area (Å²) in [5.74, 6) is -1.08. The van der Waals surface area contributed by atoms with Crippen molar-refractivity contribution in [3.8, 4) is 11.1 Å². The Morgan fingerprint density at radius 1 is 0.857 bits per heavy atom. The largest absolute Gasteiger partial charge is 0.478 e. The number of carbonyl (C=O) groups is 3. The molecule has 3 aromatic rings. The summed E-state index contributed by atoms with van der Waals surface area (Å²) in [4.78, 5) is 35.7. The zero-order valence-corrected chi connectivity index (χ0v) is 19.1. The van der Waals surface area contributed by atoms with Gasteiger partial charge in [0.2, 0.25) is 5.91 Å². The molecule has 0 aliphatic heterocycles. The Balaban J connectivity index is 1.06. The van der Waals surface area contributed by atoms with Gasteiger partial charge in [-0.2, -0.15) is 0 Å². The van der Waals surface area contributed by atoms with Gasteiger partial charge in [0.1, 0.15) is 6.61 Å². The lowest BCUT2D eigenvalue weighted by molar-refractivity contribution is -0.122. The zero-order chi connectivity index (χ0) is 24.4. The van der Waals surface area contributed by atoms with E-state index < -0.39 is 12.1 Å². The summed E-state index contributed by atoms with van der Waals surface area (Å²) in [6.45, 7) is 0.985. The summed E-state index contributed by atoms with van der Waals surface area (Å²) >= 11 is 0. The van der Waals surface area contributed by atoms with Crippen molar-refractivity contribution in [3.63, 3.8) is 0 Å². The van der Waals surface area contributed by atoms with Crippen LogP contribution in [0.2, 0.25) is 0 Å². The monoisotopic (exact) mass is 470 g/mol. The number of rotatable bonds is 8. The number of amides is 2. The molecule has 5 rings (SSSR count). The summed E-state index contributed by atoms with van der Waals surface area (Å²) in [7, 11) is 0. The minimum Gasteiger partial charge on any atom is -0.478 e. The van der Waals surface area contributed by atoms with E-state index in [1.807, 2.05) is 24.3 Å². The molecule has 7 nitrogen and oxygen atoms in total. The van der Waals surface area contributed by atoms with Crippen LogP contribution in [0.15, 0.2) is 72.8 Å². The second-order valence-corrected chi connectivity index (χ2v) is 9.03. The first-order valence-electron chi connectivity index (χ1n) is 11.7. The Labute approximate surface area is 203 Å². The van der Waals surface area contributed by atoms with Crippen molar-refractivity contribution in [2.75, 3.05) is 13.2 Å². The predicted octanol–water partition coefficient (Wildman–Crippen LogP) is 4.18. The highest BCUT2D eigenvalue weighted by Crippen LogP contribution is 2.44. The molecule has 2 amide bonds. The number of ether oxygens (including phenoxy) is 1. The lowest BCUT2D eigenvalue weighted by Crippen LogP contribution is -2.30. The molecule has 3 N–H and O–H groups in total. The maximum absolute atomic E-state index is 12.4. The van der Waals surface area contributed by atoms with E-state index in [9.17, 15) is 14.4 Å². The molecule has 2 aliphatic carbocycles. The number of hydrogen-bond acceptors (Lipinski definition) is 4. The van der Waals surface area contributed by atoms with Crippen molar-refractivity contribution in [1.29, 1.82) is 0 Å². The van der Waals surface area contributed by atoms with Gasteiger partial charge in [0, 0.05) is 24.9 Å². The van der Waals surface area contributed by atoms with Crippen molar-refractivity contribution in [1.82, 2.24) is 10.6 Å². The number of carboxylic acid groups (broad SMARTS) is 1. The first-order chi connectivity index (χ1) is 17.0. The third-order valence-electron chi connectivity index (χ3n) is 6.78. The molecule has 0 aromatic heterocycles. The summed E-state index contributed by atoms with van der Waals surface area (Å²) in [5, 5.41) is 14.6. The van der Waals surface area contributed by atoms with E-state index >= 15 is 0 Å². The summed E-state index contributed by atoms with van der Waals surface area (Å²) < 4.78 is 5.55. The van der Waals surface area contributed by atoms with Crippen LogP contribution in [0.25, 0.3) is 11.1 Å². The number of benzene rings is 3. The fourth-order valence-electron chi connectivity index (χ4n) is 4.74. The number of carboxylic acids is 1. The number of aromatic carboxylic acids is 1. The van der Waals surface area contributed by atoms with Gasteiger partial charge < -0.3 is 20.5 Å². The molecule has 1 saturated carbocycles. The van der Waals surface area contributed by atoms with Gasteiger partial charge in [0.15, 0.2) is 0 Å². The molecule has 0 saturated heterocycles. The Bertz CT molecular complexity index is 1220. The topological polar surface area (TPSA) is 105 Å². The standard InChI is InChI=1S/C28H26N2O5/c31-26(29-14-17-9-11-18(12-10-17)27(32)33)24-13-19(24)15-30-28(34)35-16-25-22-7-3-1-5-20(22)21-6-2-4-8-23(21)25/h1-12,19,24-25H,13-16H2,(H,29,31)(H,30,34)(H,32,33). The molecule has 0 heterocycles. The molecule has 35 heavy (non-hydrogen) atoms. The van der Waals surface area contributed by atoms with Crippen molar-refractivity contribution in [2.24, 2.45) is 11.8 Å². The number of hydrogen-bond donors (Lipinski definition) is 3. The second kappa shape index (κ2) is 9.62. The molecule has 2 atom stereocenters. The Morgan fingerprint density at radius 3 is 2.11 bits per heavy atom. The van der Waals surface area contributed by atoms with Crippen LogP contribution in [-0.2, 0) is 16.1 Å². The minimum atomic E-state index is -0.981. The number of alkyl carbamates (subject to hydrolysis) is 1. The average Bonchev–Trinajstić information content (AvgIpc) is 3.60. The van der Waals surface area contributed by atoms with Gasteiger partial charge >= 0.3 is 12.1 Å². The maximum Gasteiger partial charge on any atom is 0.407 e. The van der Waals surface area contributed by atoms with E-state index in [1.54, 1.807) is 12.1 Å². The van der Waals surface area contributed by atoms with Crippen LogP contribution in [0, 0.1) is 11.8 Å². The van der Waals surface area contributed by atoms with E-state index in [4.69, 9.17) is 9.84 Å². The molecule has 178 valence electrons. The molecule has 7 heteroatoms. The van der Waals surface area contributed by atoms with E-state index in [-0.39, 0.29) is 35.8 Å². The molecule has 2 unspecified atom stereocenters. The molecule has 3 aromatic carbocycles. The SMILES string of the molecule is O=C(NCC1CC1C(=O)NCc1ccc(C(=O)O)cc1)OCC1c2ccccc2-c2ccccc21. The highest BCUT2D eigenvalue weighted by atomic mass is 16.5.